The molecule has 4 fully saturated rings. The first-order chi connectivity index (χ1) is 9.84. The molecule has 4 rings (SSSR count). The predicted molar refractivity (Wildman–Crippen MR) is 85.5 cm³/mol. The van der Waals surface area contributed by atoms with E-state index in [1.807, 2.05) is 0 Å². The Labute approximate surface area is 126 Å². The Morgan fingerprint density at radius 3 is 2.10 bits per heavy atom. The lowest BCUT2D eigenvalue weighted by molar-refractivity contribution is 0.0129. The van der Waals surface area contributed by atoms with Gasteiger partial charge in [-0.25, -0.2) is 0 Å². The van der Waals surface area contributed by atoms with Crippen LogP contribution in [-0.2, 0) is 0 Å². The van der Waals surface area contributed by atoms with Crippen molar-refractivity contribution in [3.8, 4) is 0 Å². The third-order valence-corrected chi connectivity index (χ3v) is 8.09. The molecule has 0 aromatic rings. The van der Waals surface area contributed by atoms with Crippen molar-refractivity contribution < 1.29 is 0 Å². The highest BCUT2D eigenvalue weighted by Crippen LogP contribution is 2.58. The monoisotopic (exact) mass is 274 g/mol. The van der Waals surface area contributed by atoms with Gasteiger partial charge in [-0.1, -0.05) is 58.3 Å². The van der Waals surface area contributed by atoms with E-state index in [2.05, 4.69) is 6.92 Å². The molecule has 0 aromatic carbocycles. The van der Waals surface area contributed by atoms with Crippen LogP contribution in [0.3, 0.4) is 0 Å². The van der Waals surface area contributed by atoms with Crippen LogP contribution in [0.2, 0.25) is 0 Å². The van der Waals surface area contributed by atoms with Gasteiger partial charge in [-0.05, 0) is 67.1 Å². The van der Waals surface area contributed by atoms with Crippen molar-refractivity contribution in [2.45, 2.75) is 84.0 Å². The van der Waals surface area contributed by atoms with Crippen molar-refractivity contribution in [2.75, 3.05) is 0 Å². The Morgan fingerprint density at radius 2 is 1.35 bits per heavy atom. The van der Waals surface area contributed by atoms with Gasteiger partial charge in [0.1, 0.15) is 0 Å². The minimum atomic E-state index is 1.04. The summed E-state index contributed by atoms with van der Waals surface area (Å²) in [7, 11) is 0. The van der Waals surface area contributed by atoms with E-state index in [0.29, 0.717) is 0 Å². The number of rotatable bonds is 2. The smallest absolute Gasteiger partial charge is 0.0326 e. The Morgan fingerprint density at radius 1 is 0.650 bits per heavy atom. The van der Waals surface area contributed by atoms with E-state index in [0.717, 1.165) is 35.5 Å². The van der Waals surface area contributed by atoms with Gasteiger partial charge >= 0.3 is 0 Å². The summed E-state index contributed by atoms with van der Waals surface area (Å²) < 4.78 is 0. The highest BCUT2D eigenvalue weighted by molar-refractivity contribution is 4.99. The summed E-state index contributed by atoms with van der Waals surface area (Å²) in [4.78, 5) is 0. The summed E-state index contributed by atoms with van der Waals surface area (Å²) in [6.07, 6.45) is 18.8. The standard InChI is InChI=1S/C20H34/c1-14(15-6-3-2-4-7-15)18-12-10-16-8-5-9-17-11-13-19(18)20(16)17/h14-20H,2-13H2,1H3. The van der Waals surface area contributed by atoms with E-state index < -0.39 is 0 Å². The molecule has 4 aliphatic rings. The lowest BCUT2D eigenvalue weighted by atomic mass is 9.57. The predicted octanol–water partition coefficient (Wildman–Crippen LogP) is 6.06. The fourth-order valence-electron chi connectivity index (χ4n) is 7.17. The van der Waals surface area contributed by atoms with E-state index in [1.165, 1.54) is 25.2 Å². The Bertz CT molecular complexity index is 327. The molecule has 0 heteroatoms. The first kappa shape index (κ1) is 13.6. The van der Waals surface area contributed by atoms with Crippen molar-refractivity contribution in [3.05, 3.63) is 0 Å². The molecule has 0 amide bonds. The van der Waals surface area contributed by atoms with Crippen molar-refractivity contribution >= 4 is 0 Å². The van der Waals surface area contributed by atoms with Crippen LogP contribution in [0.4, 0.5) is 0 Å². The van der Waals surface area contributed by atoms with Gasteiger partial charge in [-0.3, -0.25) is 0 Å². The molecule has 0 aliphatic heterocycles. The van der Waals surface area contributed by atoms with Gasteiger partial charge in [-0.2, -0.15) is 0 Å². The van der Waals surface area contributed by atoms with Gasteiger partial charge in [0.2, 0.25) is 0 Å². The topological polar surface area (TPSA) is 0 Å². The zero-order chi connectivity index (χ0) is 13.5. The molecule has 0 radical (unpaired) electrons. The van der Waals surface area contributed by atoms with Crippen molar-refractivity contribution in [2.24, 2.45) is 41.4 Å². The van der Waals surface area contributed by atoms with E-state index in [4.69, 9.17) is 0 Å². The van der Waals surface area contributed by atoms with E-state index in [9.17, 15) is 0 Å². The van der Waals surface area contributed by atoms with Crippen LogP contribution in [-0.4, -0.2) is 0 Å². The minimum absolute atomic E-state index is 1.04. The average molecular weight is 274 g/mol. The number of hydrogen-bond donors (Lipinski definition) is 0. The number of hydrogen-bond acceptors (Lipinski definition) is 0. The Hall–Kier alpha value is 0. The average Bonchev–Trinajstić information content (AvgIpc) is 2.94. The molecule has 0 spiro atoms. The zero-order valence-corrected chi connectivity index (χ0v) is 13.5. The third kappa shape index (κ3) is 2.26. The molecule has 0 bridgehead atoms. The van der Waals surface area contributed by atoms with Crippen molar-refractivity contribution in [1.29, 1.82) is 0 Å². The molecular formula is C20H34. The molecule has 114 valence electrons. The molecule has 0 nitrogen and oxygen atoms in total. The Kier molecular flexibility index (Phi) is 3.86. The lowest BCUT2D eigenvalue weighted by Crippen LogP contribution is -2.40. The highest BCUT2D eigenvalue weighted by atomic mass is 14.5. The van der Waals surface area contributed by atoms with E-state index in [-0.39, 0.29) is 0 Å². The van der Waals surface area contributed by atoms with Crippen LogP contribution in [0.1, 0.15) is 84.0 Å². The second kappa shape index (κ2) is 5.65. The normalized spacial score (nSPS) is 47.0. The van der Waals surface area contributed by atoms with Crippen LogP contribution in [0.5, 0.6) is 0 Å². The van der Waals surface area contributed by atoms with Gasteiger partial charge < -0.3 is 0 Å². The molecule has 4 saturated carbocycles. The summed E-state index contributed by atoms with van der Waals surface area (Å²) in [6.45, 7) is 2.65. The van der Waals surface area contributed by atoms with Crippen LogP contribution in [0, 0.1) is 41.4 Å². The largest absolute Gasteiger partial charge is 0.0620 e. The maximum Gasteiger partial charge on any atom is -0.0326 e. The highest BCUT2D eigenvalue weighted by Gasteiger charge is 2.50. The van der Waals surface area contributed by atoms with Gasteiger partial charge in [0.05, 0.1) is 0 Å². The first-order valence-corrected chi connectivity index (χ1v) is 9.84. The van der Waals surface area contributed by atoms with Gasteiger partial charge in [0, 0.05) is 0 Å². The molecule has 0 N–H and O–H groups in total. The van der Waals surface area contributed by atoms with Gasteiger partial charge in [0.15, 0.2) is 0 Å². The SMILES string of the molecule is CC(C1CCCCC1)C1CCC2CCCC3CCC1C23. The molecule has 0 saturated heterocycles. The molecule has 4 aliphatic carbocycles. The fourth-order valence-corrected chi connectivity index (χ4v) is 7.17. The summed E-state index contributed by atoms with van der Waals surface area (Å²) >= 11 is 0. The lowest BCUT2D eigenvalue weighted by Gasteiger charge is -2.48. The third-order valence-electron chi connectivity index (χ3n) is 8.09. The van der Waals surface area contributed by atoms with E-state index in [1.54, 1.807) is 57.8 Å². The summed E-state index contributed by atoms with van der Waals surface area (Å²) in [5, 5.41) is 0. The second-order valence-electron chi connectivity index (χ2n) is 8.77. The van der Waals surface area contributed by atoms with Crippen LogP contribution < -0.4 is 0 Å². The summed E-state index contributed by atoms with van der Waals surface area (Å²) in [5.74, 6) is 7.87. The quantitative estimate of drug-likeness (QED) is 0.574. The molecule has 6 unspecified atom stereocenters. The zero-order valence-electron chi connectivity index (χ0n) is 13.5. The molecule has 0 heterocycles. The summed E-state index contributed by atoms with van der Waals surface area (Å²) in [6, 6.07) is 0. The van der Waals surface area contributed by atoms with Gasteiger partial charge in [-0.15, -0.1) is 0 Å². The maximum absolute atomic E-state index is 2.65. The van der Waals surface area contributed by atoms with Gasteiger partial charge in [0.25, 0.3) is 0 Å². The first-order valence-electron chi connectivity index (χ1n) is 9.84. The molecule has 20 heavy (non-hydrogen) atoms. The van der Waals surface area contributed by atoms with Crippen molar-refractivity contribution in [3.63, 3.8) is 0 Å². The van der Waals surface area contributed by atoms with Crippen LogP contribution >= 0.6 is 0 Å². The Balaban J connectivity index is 1.48. The van der Waals surface area contributed by atoms with Crippen LogP contribution in [0.15, 0.2) is 0 Å². The van der Waals surface area contributed by atoms with Crippen LogP contribution in [0.25, 0.3) is 0 Å². The minimum Gasteiger partial charge on any atom is -0.0620 e. The molecule has 6 atom stereocenters. The molecule has 0 aromatic heterocycles. The summed E-state index contributed by atoms with van der Waals surface area (Å²) in [5.41, 5.74) is 0. The van der Waals surface area contributed by atoms with Crippen molar-refractivity contribution in [1.82, 2.24) is 0 Å². The van der Waals surface area contributed by atoms with E-state index >= 15 is 0 Å². The second-order valence-corrected chi connectivity index (χ2v) is 8.77. The maximum atomic E-state index is 2.65. The molecular weight excluding hydrogens is 240 g/mol. The fraction of sp³-hybridized carbons (Fsp3) is 1.00.